The van der Waals surface area contributed by atoms with Gasteiger partial charge in [0.15, 0.2) is 0 Å². The highest BCUT2D eigenvalue weighted by atomic mass is 16.4. The summed E-state index contributed by atoms with van der Waals surface area (Å²) in [7, 11) is 0. The third-order valence-electron chi connectivity index (χ3n) is 2.75. The van der Waals surface area contributed by atoms with Crippen molar-refractivity contribution in [3.05, 3.63) is 23.7 Å². The van der Waals surface area contributed by atoms with Crippen molar-refractivity contribution < 1.29 is 19.4 Å². The molecule has 0 fully saturated rings. The number of nitrogens with one attached hydrogen (secondary N) is 1. The van der Waals surface area contributed by atoms with E-state index >= 15 is 0 Å². The molecule has 1 atom stereocenters. The Hall–Kier alpha value is -1.33. The van der Waals surface area contributed by atoms with Gasteiger partial charge in [-0.05, 0) is 24.9 Å². The fourth-order valence-corrected chi connectivity index (χ4v) is 1.62. The average molecular weight is 241 g/mol. The minimum atomic E-state index is -0.980. The summed E-state index contributed by atoms with van der Waals surface area (Å²) in [6.45, 7) is 3.58. The number of furan rings is 1. The van der Waals surface area contributed by atoms with Crippen molar-refractivity contribution in [2.45, 2.75) is 26.3 Å². The number of hydrogen-bond acceptors (Lipinski definition) is 4. The lowest BCUT2D eigenvalue weighted by atomic mass is 10.0. The predicted octanol–water partition coefficient (Wildman–Crippen LogP) is 1.48. The van der Waals surface area contributed by atoms with Crippen LogP contribution in [-0.2, 0) is 6.54 Å². The summed E-state index contributed by atoms with van der Waals surface area (Å²) in [5, 5.41) is 20.7. The van der Waals surface area contributed by atoms with Gasteiger partial charge >= 0.3 is 5.97 Å². The van der Waals surface area contributed by atoms with Crippen LogP contribution >= 0.6 is 0 Å². The maximum Gasteiger partial charge on any atom is 0.338 e. The molecule has 5 heteroatoms. The van der Waals surface area contributed by atoms with E-state index in [2.05, 4.69) is 12.2 Å². The summed E-state index contributed by atoms with van der Waals surface area (Å²) in [6, 6.07) is 1.52. The summed E-state index contributed by atoms with van der Waals surface area (Å²) in [4.78, 5) is 10.6. The first-order chi connectivity index (χ1) is 8.17. The number of aliphatic hydroxyl groups excluding tert-OH is 1. The van der Waals surface area contributed by atoms with E-state index in [4.69, 9.17) is 14.6 Å². The summed E-state index contributed by atoms with van der Waals surface area (Å²) in [5.41, 5.74) is 0.171. The Morgan fingerprint density at radius 3 is 2.88 bits per heavy atom. The first-order valence-corrected chi connectivity index (χ1v) is 5.79. The number of carbonyl (C=O) groups is 1. The molecule has 0 saturated heterocycles. The fraction of sp³-hybridized carbons (Fsp3) is 0.583. The van der Waals surface area contributed by atoms with Gasteiger partial charge < -0.3 is 19.9 Å². The van der Waals surface area contributed by atoms with Gasteiger partial charge in [0.05, 0.1) is 12.1 Å². The highest BCUT2D eigenvalue weighted by molar-refractivity contribution is 5.87. The zero-order valence-corrected chi connectivity index (χ0v) is 9.98. The number of carboxylic acids is 1. The van der Waals surface area contributed by atoms with E-state index in [1.807, 2.05) is 0 Å². The van der Waals surface area contributed by atoms with E-state index in [9.17, 15) is 4.79 Å². The highest BCUT2D eigenvalue weighted by Crippen LogP contribution is 2.09. The molecule has 0 amide bonds. The molecule has 0 aliphatic rings. The maximum absolute atomic E-state index is 10.6. The monoisotopic (exact) mass is 241 g/mol. The van der Waals surface area contributed by atoms with Gasteiger partial charge in [0.1, 0.15) is 12.0 Å². The van der Waals surface area contributed by atoms with Crippen molar-refractivity contribution in [2.75, 3.05) is 13.2 Å². The zero-order chi connectivity index (χ0) is 12.7. The molecule has 17 heavy (non-hydrogen) atoms. The molecule has 0 radical (unpaired) electrons. The lowest BCUT2D eigenvalue weighted by Crippen LogP contribution is -2.22. The SMILES string of the molecule is CCC(CCO)CNCc1cc(C(=O)O)co1. The normalized spacial score (nSPS) is 12.6. The molecule has 1 rings (SSSR count). The summed E-state index contributed by atoms with van der Waals surface area (Å²) >= 11 is 0. The first kappa shape index (κ1) is 13.7. The number of hydrogen-bond donors (Lipinski definition) is 3. The molecule has 0 spiro atoms. The molecule has 1 unspecified atom stereocenters. The lowest BCUT2D eigenvalue weighted by Gasteiger charge is -2.13. The Kier molecular flexibility index (Phi) is 5.72. The largest absolute Gasteiger partial charge is 0.478 e. The molecule has 5 nitrogen and oxygen atoms in total. The molecule has 0 bridgehead atoms. The quantitative estimate of drug-likeness (QED) is 0.642. The minimum absolute atomic E-state index is 0.171. The van der Waals surface area contributed by atoms with E-state index in [-0.39, 0.29) is 12.2 Å². The number of aromatic carboxylic acids is 1. The van der Waals surface area contributed by atoms with E-state index < -0.39 is 5.97 Å². The second-order valence-corrected chi connectivity index (χ2v) is 4.02. The third-order valence-corrected chi connectivity index (χ3v) is 2.75. The topological polar surface area (TPSA) is 82.7 Å². The van der Waals surface area contributed by atoms with Crippen LogP contribution in [0.15, 0.2) is 16.7 Å². The predicted molar refractivity (Wildman–Crippen MR) is 62.9 cm³/mol. The van der Waals surface area contributed by atoms with Crippen molar-refractivity contribution in [3.63, 3.8) is 0 Å². The summed E-state index contributed by atoms with van der Waals surface area (Å²) in [6.07, 6.45) is 3.03. The van der Waals surface area contributed by atoms with E-state index in [1.165, 1.54) is 12.3 Å². The molecule has 0 aliphatic carbocycles. The second-order valence-electron chi connectivity index (χ2n) is 4.02. The van der Waals surface area contributed by atoms with Gasteiger partial charge in [-0.15, -0.1) is 0 Å². The second kappa shape index (κ2) is 7.09. The van der Waals surface area contributed by atoms with E-state index in [1.54, 1.807) is 0 Å². The van der Waals surface area contributed by atoms with E-state index in [0.717, 1.165) is 19.4 Å². The van der Waals surface area contributed by atoms with E-state index in [0.29, 0.717) is 18.2 Å². The molecule has 3 N–H and O–H groups in total. The molecule has 1 heterocycles. The van der Waals surface area contributed by atoms with Gasteiger partial charge in [-0.2, -0.15) is 0 Å². The minimum Gasteiger partial charge on any atom is -0.478 e. The summed E-state index contributed by atoms with van der Waals surface area (Å²) < 4.78 is 5.11. The van der Waals surface area contributed by atoms with Crippen LogP contribution < -0.4 is 5.32 Å². The van der Waals surface area contributed by atoms with Gasteiger partial charge in [-0.25, -0.2) is 4.79 Å². The van der Waals surface area contributed by atoms with Gasteiger partial charge in [0, 0.05) is 6.61 Å². The van der Waals surface area contributed by atoms with Crippen LogP contribution in [0.4, 0.5) is 0 Å². The zero-order valence-electron chi connectivity index (χ0n) is 9.98. The van der Waals surface area contributed by atoms with Crippen molar-refractivity contribution in [1.29, 1.82) is 0 Å². The Morgan fingerprint density at radius 1 is 1.59 bits per heavy atom. The van der Waals surface area contributed by atoms with Crippen LogP contribution in [0.5, 0.6) is 0 Å². The van der Waals surface area contributed by atoms with Crippen LogP contribution in [0.25, 0.3) is 0 Å². The maximum atomic E-state index is 10.6. The van der Waals surface area contributed by atoms with Gasteiger partial charge in [-0.1, -0.05) is 13.3 Å². The van der Waals surface area contributed by atoms with Crippen molar-refractivity contribution in [3.8, 4) is 0 Å². The first-order valence-electron chi connectivity index (χ1n) is 5.79. The molecule has 0 aromatic carbocycles. The van der Waals surface area contributed by atoms with Crippen LogP contribution in [0.3, 0.4) is 0 Å². The van der Waals surface area contributed by atoms with Gasteiger partial charge in [-0.3, -0.25) is 0 Å². The molecule has 1 aromatic heterocycles. The van der Waals surface area contributed by atoms with Gasteiger partial charge in [0.2, 0.25) is 0 Å². The van der Waals surface area contributed by atoms with Crippen LogP contribution in [0, 0.1) is 5.92 Å². The Balaban J connectivity index is 2.32. The van der Waals surface area contributed by atoms with Crippen LogP contribution in [-0.4, -0.2) is 29.3 Å². The average Bonchev–Trinajstić information content (AvgIpc) is 2.77. The molecular formula is C12H19NO4. The fourth-order valence-electron chi connectivity index (χ4n) is 1.62. The smallest absolute Gasteiger partial charge is 0.338 e. The Labute approximate surface area is 100 Å². The summed E-state index contributed by atoms with van der Waals surface area (Å²) in [5.74, 6) is 0.0712. The molecule has 0 saturated carbocycles. The van der Waals surface area contributed by atoms with Crippen LogP contribution in [0.2, 0.25) is 0 Å². The molecule has 0 aliphatic heterocycles. The van der Waals surface area contributed by atoms with Crippen molar-refractivity contribution >= 4 is 5.97 Å². The highest BCUT2D eigenvalue weighted by Gasteiger charge is 2.09. The number of aliphatic hydroxyl groups is 1. The number of carboxylic acid groups (broad SMARTS) is 1. The lowest BCUT2D eigenvalue weighted by molar-refractivity contribution is 0.0696. The Morgan fingerprint density at radius 2 is 2.35 bits per heavy atom. The number of rotatable bonds is 8. The van der Waals surface area contributed by atoms with Crippen molar-refractivity contribution in [2.24, 2.45) is 5.92 Å². The molecule has 96 valence electrons. The van der Waals surface area contributed by atoms with Crippen LogP contribution in [0.1, 0.15) is 35.9 Å². The third kappa shape index (κ3) is 4.58. The Bertz CT molecular complexity index is 348. The van der Waals surface area contributed by atoms with Crippen molar-refractivity contribution in [1.82, 2.24) is 5.32 Å². The molecule has 1 aromatic rings. The molecular weight excluding hydrogens is 222 g/mol. The van der Waals surface area contributed by atoms with Gasteiger partial charge in [0.25, 0.3) is 0 Å². The standard InChI is InChI=1S/C12H19NO4/c1-2-9(3-4-14)6-13-7-11-5-10(8-17-11)12(15)16/h5,8-9,13-14H,2-4,6-7H2,1H3,(H,15,16).